The zero-order valence-corrected chi connectivity index (χ0v) is 12.0. The Morgan fingerprint density at radius 2 is 2.30 bits per heavy atom. The van der Waals surface area contributed by atoms with Crippen LogP contribution in [0.15, 0.2) is 18.2 Å². The molecule has 1 aromatic carbocycles. The smallest absolute Gasteiger partial charge is 0.340 e. The molecule has 1 atom stereocenters. The number of hydrogen-bond donors (Lipinski definition) is 1. The maximum Gasteiger partial charge on any atom is 0.340 e. The molecule has 0 saturated carbocycles. The third-order valence-electron chi connectivity index (χ3n) is 3.21. The molecule has 1 unspecified atom stereocenters. The van der Waals surface area contributed by atoms with Crippen LogP contribution >= 0.6 is 12.6 Å². The van der Waals surface area contributed by atoms with E-state index in [1.54, 1.807) is 6.92 Å². The number of esters is 1. The van der Waals surface area contributed by atoms with Crippen LogP contribution in [0.5, 0.6) is 0 Å². The Morgan fingerprint density at radius 1 is 1.55 bits per heavy atom. The number of anilines is 1. The summed E-state index contributed by atoms with van der Waals surface area (Å²) >= 11 is 4.20. The standard InChI is InChI=1S/C14H16FNO3S/c1-2-19-14(18)11-6-10(15)3-4-12(11)16-7-9(8-20)5-13(16)17/h3-4,6,9,20H,2,5,7-8H2,1H3. The quantitative estimate of drug-likeness (QED) is 0.685. The summed E-state index contributed by atoms with van der Waals surface area (Å²) in [6.45, 7) is 2.36. The van der Waals surface area contributed by atoms with Gasteiger partial charge < -0.3 is 9.64 Å². The first-order valence-electron chi connectivity index (χ1n) is 6.44. The number of hydrogen-bond acceptors (Lipinski definition) is 4. The number of carbonyl (C=O) groups is 2. The first-order chi connectivity index (χ1) is 9.56. The highest BCUT2D eigenvalue weighted by Gasteiger charge is 2.32. The van der Waals surface area contributed by atoms with Crippen LogP contribution in [0.25, 0.3) is 0 Å². The van der Waals surface area contributed by atoms with Crippen LogP contribution in [0, 0.1) is 11.7 Å². The largest absolute Gasteiger partial charge is 0.462 e. The Kier molecular flexibility index (Phi) is 4.65. The molecular weight excluding hydrogens is 281 g/mol. The Labute approximate surface area is 122 Å². The highest BCUT2D eigenvalue weighted by molar-refractivity contribution is 7.80. The van der Waals surface area contributed by atoms with E-state index in [0.29, 0.717) is 24.4 Å². The van der Waals surface area contributed by atoms with Gasteiger partial charge in [-0.15, -0.1) is 0 Å². The van der Waals surface area contributed by atoms with E-state index < -0.39 is 11.8 Å². The molecule has 2 rings (SSSR count). The summed E-state index contributed by atoms with van der Waals surface area (Å²) in [5, 5.41) is 0. The number of benzene rings is 1. The Morgan fingerprint density at radius 3 is 2.90 bits per heavy atom. The van der Waals surface area contributed by atoms with Gasteiger partial charge in [-0.3, -0.25) is 4.79 Å². The number of halogens is 1. The van der Waals surface area contributed by atoms with E-state index in [2.05, 4.69) is 12.6 Å². The molecule has 1 saturated heterocycles. The summed E-state index contributed by atoms with van der Waals surface area (Å²) in [6.07, 6.45) is 0.392. The second-order valence-corrected chi connectivity index (χ2v) is 5.00. The molecule has 6 heteroatoms. The van der Waals surface area contributed by atoms with Crippen molar-refractivity contribution in [1.82, 2.24) is 0 Å². The summed E-state index contributed by atoms with van der Waals surface area (Å²) in [5.74, 6) is -0.497. The molecule has 20 heavy (non-hydrogen) atoms. The number of rotatable bonds is 4. The lowest BCUT2D eigenvalue weighted by molar-refractivity contribution is -0.117. The van der Waals surface area contributed by atoms with E-state index in [1.807, 2.05) is 0 Å². The van der Waals surface area contributed by atoms with Crippen molar-refractivity contribution in [2.45, 2.75) is 13.3 Å². The molecule has 0 aromatic heterocycles. The van der Waals surface area contributed by atoms with Gasteiger partial charge in [0.2, 0.25) is 5.91 Å². The van der Waals surface area contributed by atoms with Crippen LogP contribution in [0.3, 0.4) is 0 Å². The van der Waals surface area contributed by atoms with Gasteiger partial charge in [0, 0.05) is 13.0 Å². The van der Waals surface area contributed by atoms with Gasteiger partial charge in [0.05, 0.1) is 17.9 Å². The van der Waals surface area contributed by atoms with E-state index in [-0.39, 0.29) is 24.0 Å². The SMILES string of the molecule is CCOC(=O)c1cc(F)ccc1N1CC(CS)CC1=O. The lowest BCUT2D eigenvalue weighted by Gasteiger charge is -2.19. The first-order valence-corrected chi connectivity index (χ1v) is 7.08. The third-order valence-corrected chi connectivity index (χ3v) is 3.72. The maximum absolute atomic E-state index is 13.4. The molecule has 1 aliphatic heterocycles. The predicted octanol–water partition coefficient (Wildman–Crippen LogP) is 2.29. The minimum Gasteiger partial charge on any atom is -0.462 e. The van der Waals surface area contributed by atoms with Crippen LogP contribution in [-0.2, 0) is 9.53 Å². The van der Waals surface area contributed by atoms with Gasteiger partial charge in [0.1, 0.15) is 5.82 Å². The normalized spacial score (nSPS) is 18.4. The molecule has 1 amide bonds. The van der Waals surface area contributed by atoms with Gasteiger partial charge in [-0.05, 0) is 36.8 Å². The van der Waals surface area contributed by atoms with Crippen molar-refractivity contribution in [3.63, 3.8) is 0 Å². The number of nitrogens with zero attached hydrogens (tertiary/aromatic N) is 1. The molecule has 1 aromatic rings. The minimum atomic E-state index is -0.621. The maximum atomic E-state index is 13.4. The topological polar surface area (TPSA) is 46.6 Å². The van der Waals surface area contributed by atoms with E-state index in [4.69, 9.17) is 4.74 Å². The fourth-order valence-electron chi connectivity index (χ4n) is 2.25. The fraction of sp³-hybridized carbons (Fsp3) is 0.429. The van der Waals surface area contributed by atoms with E-state index in [1.165, 1.54) is 17.0 Å². The molecule has 0 aliphatic carbocycles. The molecule has 1 aliphatic rings. The number of carbonyl (C=O) groups excluding carboxylic acids is 2. The molecule has 1 fully saturated rings. The van der Waals surface area contributed by atoms with Gasteiger partial charge in [0.25, 0.3) is 0 Å². The summed E-state index contributed by atoms with van der Waals surface area (Å²) < 4.78 is 18.3. The van der Waals surface area contributed by atoms with Gasteiger partial charge in [-0.1, -0.05) is 0 Å². The molecule has 0 bridgehead atoms. The molecule has 4 nitrogen and oxygen atoms in total. The molecule has 108 valence electrons. The van der Waals surface area contributed by atoms with Crippen molar-refractivity contribution in [2.75, 3.05) is 23.8 Å². The van der Waals surface area contributed by atoms with Crippen molar-refractivity contribution in [3.05, 3.63) is 29.6 Å². The zero-order chi connectivity index (χ0) is 14.7. The summed E-state index contributed by atoms with van der Waals surface area (Å²) in [6, 6.07) is 3.79. The van der Waals surface area contributed by atoms with Gasteiger partial charge in [-0.25, -0.2) is 9.18 Å². The molecule has 0 N–H and O–H groups in total. The summed E-state index contributed by atoms with van der Waals surface area (Å²) in [5.41, 5.74) is 0.485. The average molecular weight is 297 g/mol. The summed E-state index contributed by atoms with van der Waals surface area (Å²) in [4.78, 5) is 25.4. The second-order valence-electron chi connectivity index (χ2n) is 4.64. The van der Waals surface area contributed by atoms with Crippen molar-refractivity contribution in [3.8, 4) is 0 Å². The molecule has 0 radical (unpaired) electrons. The van der Waals surface area contributed by atoms with Crippen LogP contribution in [0.2, 0.25) is 0 Å². The van der Waals surface area contributed by atoms with Crippen LogP contribution in [0.4, 0.5) is 10.1 Å². The molecule has 0 spiro atoms. The fourth-order valence-corrected chi connectivity index (χ4v) is 2.50. The highest BCUT2D eigenvalue weighted by atomic mass is 32.1. The van der Waals surface area contributed by atoms with E-state index in [9.17, 15) is 14.0 Å². The van der Waals surface area contributed by atoms with Crippen LogP contribution in [0.1, 0.15) is 23.7 Å². The zero-order valence-electron chi connectivity index (χ0n) is 11.1. The lowest BCUT2D eigenvalue weighted by atomic mass is 10.1. The Hall–Kier alpha value is -1.56. The van der Waals surface area contributed by atoms with Crippen molar-refractivity contribution < 1.29 is 18.7 Å². The monoisotopic (exact) mass is 297 g/mol. The third kappa shape index (κ3) is 2.95. The van der Waals surface area contributed by atoms with E-state index >= 15 is 0 Å². The summed E-state index contributed by atoms with van der Waals surface area (Å²) in [7, 11) is 0. The van der Waals surface area contributed by atoms with Crippen molar-refractivity contribution in [2.24, 2.45) is 5.92 Å². The Balaban J connectivity index is 2.36. The average Bonchev–Trinajstić information content (AvgIpc) is 2.80. The molecular formula is C14H16FNO3S. The lowest BCUT2D eigenvalue weighted by Crippen LogP contribution is -2.27. The van der Waals surface area contributed by atoms with Gasteiger partial charge >= 0.3 is 5.97 Å². The van der Waals surface area contributed by atoms with Crippen LogP contribution < -0.4 is 4.90 Å². The molecule has 1 heterocycles. The van der Waals surface area contributed by atoms with Gasteiger partial charge in [-0.2, -0.15) is 12.6 Å². The van der Waals surface area contributed by atoms with Gasteiger partial charge in [0.15, 0.2) is 0 Å². The van der Waals surface area contributed by atoms with Crippen molar-refractivity contribution >= 4 is 30.2 Å². The Bertz CT molecular complexity index is 535. The number of amides is 1. The number of ether oxygens (including phenoxy) is 1. The number of thiol groups is 1. The second kappa shape index (κ2) is 6.26. The van der Waals surface area contributed by atoms with Crippen LogP contribution in [-0.4, -0.2) is 30.8 Å². The predicted molar refractivity (Wildman–Crippen MR) is 76.7 cm³/mol. The van der Waals surface area contributed by atoms with E-state index in [0.717, 1.165) is 6.07 Å². The first kappa shape index (κ1) is 14.8. The highest BCUT2D eigenvalue weighted by Crippen LogP contribution is 2.29. The minimum absolute atomic E-state index is 0.0822. The van der Waals surface area contributed by atoms with Crippen molar-refractivity contribution in [1.29, 1.82) is 0 Å².